The van der Waals surface area contributed by atoms with Crippen LogP contribution in [0.2, 0.25) is 0 Å². The lowest BCUT2D eigenvalue weighted by atomic mass is 10.1. The zero-order chi connectivity index (χ0) is 28.0. The minimum atomic E-state index is -2.38. The van der Waals surface area contributed by atoms with Gasteiger partial charge >= 0.3 is 0 Å². The Kier molecular flexibility index (Phi) is 6.35. The molecule has 7 rings (SSSR count). The molecule has 0 fully saturated rings. The highest BCUT2D eigenvalue weighted by atomic mass is 127. The number of halogens is 1. The van der Waals surface area contributed by atoms with Crippen molar-refractivity contribution in [1.82, 2.24) is 0 Å². The van der Waals surface area contributed by atoms with Crippen molar-refractivity contribution in [2.75, 3.05) is 4.90 Å². The van der Waals surface area contributed by atoms with Crippen molar-refractivity contribution in [3.63, 3.8) is 0 Å². The van der Waals surface area contributed by atoms with Gasteiger partial charge in [-0.3, -0.25) is 0 Å². The van der Waals surface area contributed by atoms with Crippen molar-refractivity contribution in [1.29, 1.82) is 0 Å². The summed E-state index contributed by atoms with van der Waals surface area (Å²) in [5, 5.41) is 7.54. The molecule has 5 aromatic carbocycles. The van der Waals surface area contributed by atoms with Crippen molar-refractivity contribution in [3.8, 4) is 0 Å². The molecule has 0 amide bonds. The minimum absolute atomic E-state index is 1.19. The molecule has 2 aliphatic rings. The molecule has 2 aliphatic heterocycles. The summed E-state index contributed by atoms with van der Waals surface area (Å²) in [5.41, 5.74) is 8.58. The first-order valence-electron chi connectivity index (χ1n) is 13.3. The maximum Gasteiger partial charge on any atom is 0.0644 e. The smallest absolute Gasteiger partial charge is 0.0644 e. The van der Waals surface area contributed by atoms with Crippen LogP contribution >= 0.6 is 34.7 Å². The number of benzene rings is 5. The Morgan fingerprint density at radius 2 is 0.875 bits per heavy atom. The standard InChI is InChI=1S/C34H28INP2S2/c1-21-5-11-26(12-6-21)37(39)30-17-23(3)9-15-28(30)36-29-16-10-24(4)18-31(29)38(40,27-13-7-22(2)8-14-27)33-20-25(35)19-32(37)34(33)36/h5-20H,1-4H3. The first-order valence-corrected chi connectivity index (χ1v) is 20.0. The largest absolute Gasteiger partial charge is 0.308 e. The lowest BCUT2D eigenvalue weighted by Crippen LogP contribution is -2.46. The zero-order valence-electron chi connectivity index (χ0n) is 22.8. The van der Waals surface area contributed by atoms with Crippen molar-refractivity contribution in [2.45, 2.75) is 27.7 Å². The number of anilines is 3. The van der Waals surface area contributed by atoms with Crippen LogP contribution < -0.4 is 36.7 Å². The summed E-state index contributed by atoms with van der Waals surface area (Å²) in [5.74, 6) is 0. The van der Waals surface area contributed by atoms with Gasteiger partial charge in [0.05, 0.1) is 17.1 Å². The molecule has 0 aromatic heterocycles. The van der Waals surface area contributed by atoms with Crippen LogP contribution in [0.3, 0.4) is 0 Å². The van der Waals surface area contributed by atoms with Gasteiger partial charge in [-0.15, -0.1) is 0 Å². The fraction of sp³-hybridized carbons (Fsp3) is 0.118. The third-order valence-corrected chi connectivity index (χ3v) is 18.6. The van der Waals surface area contributed by atoms with Crippen LogP contribution in [0.25, 0.3) is 0 Å². The Hall–Kier alpha value is -2.07. The topological polar surface area (TPSA) is 3.24 Å². The summed E-state index contributed by atoms with van der Waals surface area (Å²) >= 11 is 16.4. The van der Waals surface area contributed by atoms with E-state index in [4.69, 9.17) is 23.6 Å². The average Bonchev–Trinajstić information content (AvgIpc) is 2.94. The molecule has 2 heterocycles. The average molecular weight is 704 g/mol. The predicted octanol–water partition coefficient (Wildman–Crippen LogP) is 7.13. The predicted molar refractivity (Wildman–Crippen MR) is 192 cm³/mol. The van der Waals surface area contributed by atoms with E-state index in [1.165, 1.54) is 74.7 Å². The van der Waals surface area contributed by atoms with Crippen LogP contribution in [0, 0.1) is 31.3 Å². The van der Waals surface area contributed by atoms with E-state index in [2.05, 4.69) is 152 Å². The summed E-state index contributed by atoms with van der Waals surface area (Å²) < 4.78 is 1.20. The summed E-state index contributed by atoms with van der Waals surface area (Å²) in [4.78, 5) is 2.49. The molecule has 5 aromatic rings. The maximum absolute atomic E-state index is 6.96. The number of rotatable bonds is 2. The lowest BCUT2D eigenvalue weighted by Gasteiger charge is -2.47. The molecular formula is C34H28INP2S2. The normalized spacial score (nSPS) is 20.5. The molecule has 2 atom stereocenters. The lowest BCUT2D eigenvalue weighted by molar-refractivity contribution is 1.29. The molecule has 0 saturated heterocycles. The van der Waals surface area contributed by atoms with E-state index in [9.17, 15) is 0 Å². The molecule has 40 heavy (non-hydrogen) atoms. The van der Waals surface area contributed by atoms with Gasteiger partial charge in [-0.1, -0.05) is 107 Å². The van der Waals surface area contributed by atoms with Gasteiger partial charge in [0.2, 0.25) is 0 Å². The molecule has 198 valence electrons. The van der Waals surface area contributed by atoms with E-state index < -0.39 is 12.1 Å². The van der Waals surface area contributed by atoms with Crippen molar-refractivity contribution in [2.24, 2.45) is 0 Å². The fourth-order valence-electron chi connectivity index (χ4n) is 6.13. The molecule has 0 bridgehead atoms. The Morgan fingerprint density at radius 3 is 1.27 bits per heavy atom. The Morgan fingerprint density at radius 1 is 0.500 bits per heavy atom. The second-order valence-corrected chi connectivity index (χ2v) is 20.9. The van der Waals surface area contributed by atoms with Crippen LogP contribution in [0.1, 0.15) is 22.3 Å². The van der Waals surface area contributed by atoms with Gasteiger partial charge in [0.15, 0.2) is 0 Å². The fourth-order valence-corrected chi connectivity index (χ4v) is 16.0. The monoisotopic (exact) mass is 703 g/mol. The summed E-state index contributed by atoms with van der Waals surface area (Å²) in [6.07, 6.45) is 0. The Labute approximate surface area is 260 Å². The Balaban J connectivity index is 1.67. The first-order chi connectivity index (χ1) is 19.1. The third-order valence-electron chi connectivity index (χ3n) is 8.15. The van der Waals surface area contributed by atoms with Gasteiger partial charge in [-0.2, -0.15) is 0 Å². The minimum Gasteiger partial charge on any atom is -0.308 e. The van der Waals surface area contributed by atoms with Gasteiger partial charge in [0.25, 0.3) is 0 Å². The SMILES string of the molecule is Cc1ccc(P2(=S)c3cc(C)ccc3N3c4ccc(C)cc4P(=S)(c4ccc(C)cc4)c4cc(I)cc2c43)cc1. The summed E-state index contributed by atoms with van der Waals surface area (Å²) in [6, 6.07) is 31.5. The van der Waals surface area contributed by atoms with Gasteiger partial charge in [0, 0.05) is 36.9 Å². The first kappa shape index (κ1) is 26.8. The maximum atomic E-state index is 6.96. The zero-order valence-corrected chi connectivity index (χ0v) is 28.4. The summed E-state index contributed by atoms with van der Waals surface area (Å²) in [7, 11) is 0. The quantitative estimate of drug-likeness (QED) is 0.139. The van der Waals surface area contributed by atoms with Gasteiger partial charge in [-0.25, -0.2) is 0 Å². The number of aryl methyl sites for hydroxylation is 4. The van der Waals surface area contributed by atoms with E-state index in [0.717, 1.165) is 0 Å². The van der Waals surface area contributed by atoms with E-state index in [0.29, 0.717) is 0 Å². The van der Waals surface area contributed by atoms with Gasteiger partial charge < -0.3 is 4.90 Å². The number of fused-ring (bicyclic) bond motifs is 4. The molecule has 2 unspecified atom stereocenters. The van der Waals surface area contributed by atoms with Crippen LogP contribution in [0.15, 0.2) is 97.1 Å². The molecule has 0 aliphatic carbocycles. The van der Waals surface area contributed by atoms with Crippen LogP contribution in [0.5, 0.6) is 0 Å². The number of hydrogen-bond acceptors (Lipinski definition) is 3. The van der Waals surface area contributed by atoms with E-state index >= 15 is 0 Å². The Bertz CT molecular complexity index is 1820. The molecule has 0 radical (unpaired) electrons. The van der Waals surface area contributed by atoms with Crippen LogP contribution in [-0.2, 0) is 23.6 Å². The third kappa shape index (κ3) is 3.76. The van der Waals surface area contributed by atoms with Gasteiger partial charge in [-0.05, 0) is 97.3 Å². The molecule has 0 saturated carbocycles. The summed E-state index contributed by atoms with van der Waals surface area (Å²) in [6.45, 7) is 8.64. The van der Waals surface area contributed by atoms with E-state index in [1.54, 1.807) is 0 Å². The highest BCUT2D eigenvalue weighted by molar-refractivity contribution is 14.1. The molecule has 6 heteroatoms. The second-order valence-electron chi connectivity index (χ2n) is 11.0. The highest BCUT2D eigenvalue weighted by Crippen LogP contribution is 2.61. The second kappa shape index (κ2) is 9.48. The molecule has 1 nitrogen and oxygen atoms in total. The van der Waals surface area contributed by atoms with E-state index in [1.807, 2.05) is 0 Å². The molecule has 0 N–H and O–H groups in total. The van der Waals surface area contributed by atoms with Crippen molar-refractivity contribution >= 4 is 107 Å². The number of nitrogens with zero attached hydrogens (tertiary/aromatic N) is 1. The van der Waals surface area contributed by atoms with Gasteiger partial charge in [0.1, 0.15) is 0 Å². The van der Waals surface area contributed by atoms with Crippen LogP contribution in [0.4, 0.5) is 17.1 Å². The van der Waals surface area contributed by atoms with Crippen molar-refractivity contribution in [3.05, 3.63) is 123 Å². The molecule has 0 spiro atoms. The number of hydrogen-bond donors (Lipinski definition) is 0. The molecular weight excluding hydrogens is 675 g/mol. The van der Waals surface area contributed by atoms with E-state index in [-0.39, 0.29) is 0 Å². The highest BCUT2D eigenvalue weighted by Gasteiger charge is 2.46. The van der Waals surface area contributed by atoms with Crippen molar-refractivity contribution < 1.29 is 0 Å². The van der Waals surface area contributed by atoms with Crippen LogP contribution in [-0.4, -0.2) is 0 Å².